The molecule has 7 heteroatoms. The number of carboxylic acid groups (broad SMARTS) is 1. The van der Waals surface area contributed by atoms with E-state index in [1.807, 2.05) is 6.07 Å². The highest BCUT2D eigenvalue weighted by molar-refractivity contribution is 5.97. The van der Waals surface area contributed by atoms with Crippen LogP contribution in [0.15, 0.2) is 24.4 Å². The van der Waals surface area contributed by atoms with Crippen molar-refractivity contribution in [3.05, 3.63) is 30.0 Å². The SMILES string of the molecule is O=C(NCC1CCN(C(=O)O)CC1)c1ccc2[nH]ncc2c1. The van der Waals surface area contributed by atoms with Gasteiger partial charge >= 0.3 is 6.09 Å². The molecule has 1 aromatic heterocycles. The fourth-order valence-electron chi connectivity index (χ4n) is 2.75. The average molecular weight is 302 g/mol. The standard InChI is InChI=1S/C15H18N4O3/c20-14(11-1-2-13-12(7-11)9-17-18-13)16-8-10-3-5-19(6-4-10)15(21)22/h1-2,7,9-10H,3-6,8H2,(H,16,20)(H,17,18)(H,21,22). The Kier molecular flexibility index (Phi) is 3.95. The van der Waals surface area contributed by atoms with Crippen molar-refractivity contribution in [1.82, 2.24) is 20.4 Å². The minimum absolute atomic E-state index is 0.108. The summed E-state index contributed by atoms with van der Waals surface area (Å²) in [6.45, 7) is 1.66. The second-order valence-electron chi connectivity index (χ2n) is 5.60. The second-order valence-corrected chi connectivity index (χ2v) is 5.60. The number of carbonyl (C=O) groups excluding carboxylic acids is 1. The van der Waals surface area contributed by atoms with Gasteiger partial charge in [-0.25, -0.2) is 4.79 Å². The van der Waals surface area contributed by atoms with Gasteiger partial charge in [0, 0.05) is 30.6 Å². The molecule has 0 atom stereocenters. The topological polar surface area (TPSA) is 98.3 Å². The van der Waals surface area contributed by atoms with E-state index in [4.69, 9.17) is 5.11 Å². The summed E-state index contributed by atoms with van der Waals surface area (Å²) in [5, 5.41) is 19.5. The van der Waals surface area contributed by atoms with Crippen molar-refractivity contribution in [3.63, 3.8) is 0 Å². The van der Waals surface area contributed by atoms with Gasteiger partial charge in [-0.05, 0) is 37.0 Å². The van der Waals surface area contributed by atoms with Crippen LogP contribution in [0.5, 0.6) is 0 Å². The smallest absolute Gasteiger partial charge is 0.407 e. The lowest BCUT2D eigenvalue weighted by atomic mass is 9.97. The Hall–Kier alpha value is -2.57. The number of rotatable bonds is 3. The van der Waals surface area contributed by atoms with Gasteiger partial charge in [0.1, 0.15) is 0 Å². The van der Waals surface area contributed by atoms with Gasteiger partial charge in [-0.15, -0.1) is 0 Å². The van der Waals surface area contributed by atoms with E-state index in [2.05, 4.69) is 15.5 Å². The molecule has 0 unspecified atom stereocenters. The van der Waals surface area contributed by atoms with Crippen molar-refractivity contribution in [3.8, 4) is 0 Å². The number of aromatic amines is 1. The van der Waals surface area contributed by atoms with Crippen LogP contribution in [0.1, 0.15) is 23.2 Å². The number of likely N-dealkylation sites (tertiary alicyclic amines) is 1. The molecule has 0 bridgehead atoms. The highest BCUT2D eigenvalue weighted by atomic mass is 16.4. The van der Waals surface area contributed by atoms with Crippen LogP contribution in [0.4, 0.5) is 4.79 Å². The summed E-state index contributed by atoms with van der Waals surface area (Å²) >= 11 is 0. The minimum atomic E-state index is -0.865. The number of hydrogen-bond donors (Lipinski definition) is 3. The first kappa shape index (κ1) is 14.4. The molecule has 1 saturated heterocycles. The molecule has 2 amide bonds. The number of hydrogen-bond acceptors (Lipinski definition) is 3. The third kappa shape index (κ3) is 3.03. The highest BCUT2D eigenvalue weighted by Gasteiger charge is 2.22. The molecule has 0 radical (unpaired) electrons. The van der Waals surface area contributed by atoms with Crippen molar-refractivity contribution in [1.29, 1.82) is 0 Å². The molecule has 22 heavy (non-hydrogen) atoms. The summed E-state index contributed by atoms with van der Waals surface area (Å²) in [6.07, 6.45) is 2.39. The summed E-state index contributed by atoms with van der Waals surface area (Å²) in [5.74, 6) is 0.223. The van der Waals surface area contributed by atoms with Gasteiger partial charge in [0.15, 0.2) is 0 Å². The lowest BCUT2D eigenvalue weighted by Crippen LogP contribution is -2.40. The van der Waals surface area contributed by atoms with Crippen molar-refractivity contribution >= 4 is 22.9 Å². The first-order valence-corrected chi connectivity index (χ1v) is 7.32. The molecule has 2 heterocycles. The number of carbonyl (C=O) groups is 2. The fraction of sp³-hybridized carbons (Fsp3) is 0.400. The molecule has 3 N–H and O–H groups in total. The Balaban J connectivity index is 1.53. The van der Waals surface area contributed by atoms with Gasteiger partial charge in [-0.2, -0.15) is 5.10 Å². The lowest BCUT2D eigenvalue weighted by molar-refractivity contribution is 0.0929. The molecule has 0 aliphatic carbocycles. The van der Waals surface area contributed by atoms with Crippen LogP contribution in [0.2, 0.25) is 0 Å². The van der Waals surface area contributed by atoms with E-state index in [1.165, 1.54) is 4.90 Å². The third-order valence-corrected chi connectivity index (χ3v) is 4.14. The first-order valence-electron chi connectivity index (χ1n) is 7.32. The van der Waals surface area contributed by atoms with E-state index >= 15 is 0 Å². The molecular weight excluding hydrogens is 284 g/mol. The van der Waals surface area contributed by atoms with E-state index in [1.54, 1.807) is 18.3 Å². The lowest BCUT2D eigenvalue weighted by Gasteiger charge is -2.29. The summed E-state index contributed by atoms with van der Waals surface area (Å²) in [7, 11) is 0. The molecule has 0 saturated carbocycles. The van der Waals surface area contributed by atoms with Crippen molar-refractivity contribution < 1.29 is 14.7 Å². The van der Waals surface area contributed by atoms with Gasteiger partial charge in [0.25, 0.3) is 5.91 Å². The van der Waals surface area contributed by atoms with Crippen molar-refractivity contribution in [2.45, 2.75) is 12.8 Å². The zero-order chi connectivity index (χ0) is 15.5. The predicted octanol–water partition coefficient (Wildman–Crippen LogP) is 1.68. The largest absolute Gasteiger partial charge is 0.465 e. The molecule has 3 rings (SSSR count). The zero-order valence-corrected chi connectivity index (χ0v) is 12.1. The number of fused-ring (bicyclic) bond motifs is 1. The quantitative estimate of drug-likeness (QED) is 0.803. The Morgan fingerprint density at radius 2 is 2.14 bits per heavy atom. The van der Waals surface area contributed by atoms with Gasteiger partial charge in [-0.1, -0.05) is 0 Å². The van der Waals surface area contributed by atoms with Crippen LogP contribution >= 0.6 is 0 Å². The number of amides is 2. The number of nitrogens with zero attached hydrogens (tertiary/aromatic N) is 2. The number of H-pyrrole nitrogens is 1. The Labute approximate surface area is 127 Å². The normalized spacial score (nSPS) is 15.9. The van der Waals surface area contributed by atoms with E-state index in [0.29, 0.717) is 31.1 Å². The fourth-order valence-corrected chi connectivity index (χ4v) is 2.75. The van der Waals surface area contributed by atoms with Gasteiger partial charge in [-0.3, -0.25) is 9.89 Å². The zero-order valence-electron chi connectivity index (χ0n) is 12.1. The molecule has 1 fully saturated rings. The molecule has 0 spiro atoms. The first-order chi connectivity index (χ1) is 10.6. The Morgan fingerprint density at radius 3 is 2.86 bits per heavy atom. The average Bonchev–Trinajstić information content (AvgIpc) is 3.00. The van der Waals surface area contributed by atoms with Gasteiger partial charge in [0.2, 0.25) is 0 Å². The number of benzene rings is 1. The molecule has 1 aliphatic rings. The van der Waals surface area contributed by atoms with Gasteiger partial charge < -0.3 is 15.3 Å². The van der Waals surface area contributed by atoms with E-state index in [9.17, 15) is 9.59 Å². The molecule has 1 aromatic carbocycles. The third-order valence-electron chi connectivity index (χ3n) is 4.14. The summed E-state index contributed by atoms with van der Waals surface area (Å²) in [5.41, 5.74) is 1.51. The number of piperidine rings is 1. The van der Waals surface area contributed by atoms with E-state index in [0.717, 1.165) is 23.7 Å². The number of aromatic nitrogens is 2. The van der Waals surface area contributed by atoms with Crippen LogP contribution in [0, 0.1) is 5.92 Å². The maximum Gasteiger partial charge on any atom is 0.407 e. The predicted molar refractivity (Wildman–Crippen MR) is 80.7 cm³/mol. The molecule has 1 aliphatic heterocycles. The summed E-state index contributed by atoms with van der Waals surface area (Å²) < 4.78 is 0. The van der Waals surface area contributed by atoms with Gasteiger partial charge in [0.05, 0.1) is 11.7 Å². The Bertz CT molecular complexity index is 689. The van der Waals surface area contributed by atoms with Crippen LogP contribution in [0.25, 0.3) is 10.9 Å². The monoisotopic (exact) mass is 302 g/mol. The maximum absolute atomic E-state index is 12.2. The van der Waals surface area contributed by atoms with Crippen LogP contribution in [-0.2, 0) is 0 Å². The van der Waals surface area contributed by atoms with Crippen LogP contribution < -0.4 is 5.32 Å². The second kappa shape index (κ2) is 6.05. The van der Waals surface area contributed by atoms with Crippen molar-refractivity contribution in [2.24, 2.45) is 5.92 Å². The van der Waals surface area contributed by atoms with Crippen molar-refractivity contribution in [2.75, 3.05) is 19.6 Å². The minimum Gasteiger partial charge on any atom is -0.465 e. The van der Waals surface area contributed by atoms with E-state index in [-0.39, 0.29) is 5.91 Å². The van der Waals surface area contributed by atoms with Crippen LogP contribution in [0.3, 0.4) is 0 Å². The maximum atomic E-state index is 12.2. The molecule has 7 nitrogen and oxygen atoms in total. The summed E-state index contributed by atoms with van der Waals surface area (Å²) in [6, 6.07) is 5.41. The summed E-state index contributed by atoms with van der Waals surface area (Å²) in [4.78, 5) is 24.4. The van der Waals surface area contributed by atoms with E-state index < -0.39 is 6.09 Å². The van der Waals surface area contributed by atoms with Crippen LogP contribution in [-0.4, -0.2) is 51.8 Å². The Morgan fingerprint density at radius 1 is 1.36 bits per heavy atom. The number of nitrogens with one attached hydrogen (secondary N) is 2. The molecule has 2 aromatic rings. The highest BCUT2D eigenvalue weighted by Crippen LogP contribution is 2.17. The molecule has 116 valence electrons. The molecular formula is C15H18N4O3.